The Kier molecular flexibility index (Phi) is 4.67. The fourth-order valence-corrected chi connectivity index (χ4v) is 3.62. The van der Waals surface area contributed by atoms with Gasteiger partial charge in [0, 0.05) is 19.6 Å². The number of carbonyl (C=O) groups is 2. The molecular weight excluding hydrogens is 354 g/mol. The monoisotopic (exact) mass is 377 g/mol. The molecule has 4 rings (SSSR count). The summed E-state index contributed by atoms with van der Waals surface area (Å²) in [6.07, 6.45) is -0.822. The van der Waals surface area contributed by atoms with E-state index >= 15 is 0 Å². The molecular formula is C18H23N3O6. The Bertz CT molecular complexity index is 751. The van der Waals surface area contributed by atoms with E-state index in [1.165, 1.54) is 0 Å². The molecule has 0 unspecified atom stereocenters. The van der Waals surface area contributed by atoms with Crippen molar-refractivity contribution in [2.75, 3.05) is 46.2 Å². The Morgan fingerprint density at radius 1 is 1.19 bits per heavy atom. The summed E-state index contributed by atoms with van der Waals surface area (Å²) in [5, 5.41) is 13.1. The van der Waals surface area contributed by atoms with Crippen LogP contribution in [0, 0.1) is 0 Å². The van der Waals surface area contributed by atoms with Gasteiger partial charge >= 0.3 is 6.03 Å². The fraction of sp³-hybridized carbons (Fsp3) is 0.556. The average molecular weight is 377 g/mol. The van der Waals surface area contributed by atoms with Crippen LogP contribution in [0.15, 0.2) is 18.2 Å². The van der Waals surface area contributed by atoms with Crippen molar-refractivity contribution in [1.82, 2.24) is 15.1 Å². The van der Waals surface area contributed by atoms with Gasteiger partial charge in [0.25, 0.3) is 5.91 Å². The molecule has 9 nitrogen and oxygen atoms in total. The lowest BCUT2D eigenvalue weighted by Crippen LogP contribution is -2.46. The Labute approximate surface area is 156 Å². The quantitative estimate of drug-likeness (QED) is 0.690. The molecule has 2 N–H and O–H groups in total. The number of β-amino-alcohol motifs (C(OH)–C–C–N with tert-alkyl or cyclic N) is 1. The van der Waals surface area contributed by atoms with Crippen molar-refractivity contribution < 1.29 is 28.9 Å². The molecule has 3 heterocycles. The van der Waals surface area contributed by atoms with Crippen LogP contribution in [0.3, 0.4) is 0 Å². The highest BCUT2D eigenvalue weighted by Crippen LogP contribution is 2.37. The number of aliphatic hydroxyl groups excluding tert-OH is 1. The summed E-state index contributed by atoms with van der Waals surface area (Å²) in [4.78, 5) is 28.6. The number of hydrogen-bond donors (Lipinski definition) is 2. The second kappa shape index (κ2) is 6.99. The number of hydrogen-bond acceptors (Lipinski definition) is 7. The number of imide groups is 1. The number of carbonyl (C=O) groups excluding carboxylic acids is 2. The minimum atomic E-state index is -1.21. The number of benzene rings is 1. The van der Waals surface area contributed by atoms with Crippen LogP contribution in [-0.4, -0.2) is 79.1 Å². The van der Waals surface area contributed by atoms with Crippen molar-refractivity contribution in [3.05, 3.63) is 23.8 Å². The first-order valence-corrected chi connectivity index (χ1v) is 9.00. The van der Waals surface area contributed by atoms with Crippen molar-refractivity contribution in [1.29, 1.82) is 0 Å². The lowest BCUT2D eigenvalue weighted by molar-refractivity contribution is -0.132. The fourth-order valence-electron chi connectivity index (χ4n) is 3.62. The summed E-state index contributed by atoms with van der Waals surface area (Å²) in [6.45, 7) is 4.83. The summed E-state index contributed by atoms with van der Waals surface area (Å²) in [7, 11) is 0. The van der Waals surface area contributed by atoms with Crippen LogP contribution < -0.4 is 14.8 Å². The van der Waals surface area contributed by atoms with Crippen LogP contribution in [0.5, 0.6) is 11.5 Å². The number of morpholine rings is 1. The molecule has 9 heteroatoms. The Morgan fingerprint density at radius 2 is 1.93 bits per heavy atom. The summed E-state index contributed by atoms with van der Waals surface area (Å²) in [5.41, 5.74) is -0.605. The second-order valence-corrected chi connectivity index (χ2v) is 7.11. The van der Waals surface area contributed by atoms with E-state index in [9.17, 15) is 14.7 Å². The molecule has 0 saturated carbocycles. The number of fused-ring (bicyclic) bond motifs is 1. The highest BCUT2D eigenvalue weighted by molar-refractivity contribution is 6.07. The predicted molar refractivity (Wildman–Crippen MR) is 93.4 cm³/mol. The molecule has 27 heavy (non-hydrogen) atoms. The predicted octanol–water partition coefficient (Wildman–Crippen LogP) is -0.125. The number of nitrogens with zero attached hydrogens (tertiary/aromatic N) is 2. The average Bonchev–Trinajstić information content (AvgIpc) is 3.21. The first kappa shape index (κ1) is 18.0. The van der Waals surface area contributed by atoms with Crippen molar-refractivity contribution in [3.63, 3.8) is 0 Å². The first-order chi connectivity index (χ1) is 13.0. The van der Waals surface area contributed by atoms with Gasteiger partial charge < -0.3 is 24.6 Å². The lowest BCUT2D eigenvalue weighted by Gasteiger charge is -2.29. The van der Waals surface area contributed by atoms with E-state index in [-0.39, 0.29) is 13.3 Å². The third-order valence-corrected chi connectivity index (χ3v) is 5.19. The molecule has 0 radical (unpaired) electrons. The van der Waals surface area contributed by atoms with E-state index < -0.39 is 23.6 Å². The van der Waals surface area contributed by atoms with E-state index in [1.807, 2.05) is 0 Å². The maximum Gasteiger partial charge on any atom is 0.325 e. The van der Waals surface area contributed by atoms with Crippen molar-refractivity contribution in [2.45, 2.75) is 18.6 Å². The molecule has 3 aliphatic rings. The van der Waals surface area contributed by atoms with Gasteiger partial charge in [0.05, 0.1) is 25.9 Å². The summed E-state index contributed by atoms with van der Waals surface area (Å²) < 4.78 is 15.9. The van der Waals surface area contributed by atoms with Gasteiger partial charge in [-0.25, -0.2) is 4.79 Å². The van der Waals surface area contributed by atoms with Gasteiger partial charge in [0.1, 0.15) is 5.54 Å². The molecule has 2 saturated heterocycles. The number of nitrogens with one attached hydrogen (secondary N) is 1. The standard InChI is InChI=1S/C18H23N3O6/c1-18(12-2-3-14-15(8-12)27-11-26-14)16(23)21(17(24)19-18)10-13(22)9-20-4-6-25-7-5-20/h2-3,8,13,22H,4-7,9-11H2,1H3,(H,19,24)/t13-,18+/m0/s1. The van der Waals surface area contributed by atoms with Crippen molar-refractivity contribution in [2.24, 2.45) is 0 Å². The van der Waals surface area contributed by atoms with E-state index in [1.54, 1.807) is 25.1 Å². The molecule has 2 fully saturated rings. The van der Waals surface area contributed by atoms with E-state index in [2.05, 4.69) is 10.2 Å². The molecule has 3 aliphatic heterocycles. The maximum absolute atomic E-state index is 13.0. The summed E-state index contributed by atoms with van der Waals surface area (Å²) in [6, 6.07) is 4.65. The zero-order valence-electron chi connectivity index (χ0n) is 15.1. The highest BCUT2D eigenvalue weighted by atomic mass is 16.7. The van der Waals surface area contributed by atoms with Crippen LogP contribution in [0.1, 0.15) is 12.5 Å². The Morgan fingerprint density at radius 3 is 2.70 bits per heavy atom. The number of rotatable bonds is 5. The van der Waals surface area contributed by atoms with Crippen LogP contribution in [0.2, 0.25) is 0 Å². The van der Waals surface area contributed by atoms with Gasteiger partial charge in [0.2, 0.25) is 6.79 Å². The minimum absolute atomic E-state index is 0.0534. The summed E-state index contributed by atoms with van der Waals surface area (Å²) in [5.74, 6) is 0.755. The van der Waals surface area contributed by atoms with Crippen molar-refractivity contribution in [3.8, 4) is 11.5 Å². The lowest BCUT2D eigenvalue weighted by atomic mass is 9.91. The molecule has 1 aromatic rings. The van der Waals surface area contributed by atoms with Gasteiger partial charge in [-0.1, -0.05) is 6.07 Å². The number of urea groups is 1. The van der Waals surface area contributed by atoms with E-state index in [0.717, 1.165) is 18.0 Å². The Balaban J connectivity index is 1.46. The molecule has 0 spiro atoms. The zero-order chi connectivity index (χ0) is 19.0. The third kappa shape index (κ3) is 3.33. The highest BCUT2D eigenvalue weighted by Gasteiger charge is 2.49. The Hall–Kier alpha value is -2.36. The largest absolute Gasteiger partial charge is 0.454 e. The van der Waals surface area contributed by atoms with Crippen LogP contribution in [-0.2, 0) is 15.1 Å². The van der Waals surface area contributed by atoms with Gasteiger partial charge in [-0.05, 0) is 24.6 Å². The first-order valence-electron chi connectivity index (χ1n) is 9.00. The van der Waals surface area contributed by atoms with Gasteiger partial charge in [-0.15, -0.1) is 0 Å². The number of aliphatic hydroxyl groups is 1. The SMILES string of the molecule is C[C@]1(c2ccc3c(c2)OCO3)NC(=O)N(C[C@@H](O)CN2CCOCC2)C1=O. The van der Waals surface area contributed by atoms with Gasteiger partial charge in [0.15, 0.2) is 11.5 Å². The zero-order valence-corrected chi connectivity index (χ0v) is 15.1. The second-order valence-electron chi connectivity index (χ2n) is 7.11. The number of ether oxygens (including phenoxy) is 3. The minimum Gasteiger partial charge on any atom is -0.454 e. The number of amides is 3. The van der Waals surface area contributed by atoms with E-state index in [0.29, 0.717) is 36.8 Å². The van der Waals surface area contributed by atoms with Gasteiger partial charge in [-0.2, -0.15) is 0 Å². The topological polar surface area (TPSA) is 101 Å². The molecule has 2 atom stereocenters. The van der Waals surface area contributed by atoms with Crippen molar-refractivity contribution >= 4 is 11.9 Å². The van der Waals surface area contributed by atoms with Crippen LogP contribution >= 0.6 is 0 Å². The molecule has 0 aliphatic carbocycles. The molecule has 3 amide bonds. The molecule has 146 valence electrons. The molecule has 1 aromatic carbocycles. The van der Waals surface area contributed by atoms with Gasteiger partial charge in [-0.3, -0.25) is 14.6 Å². The summed E-state index contributed by atoms with van der Waals surface area (Å²) >= 11 is 0. The van der Waals surface area contributed by atoms with Crippen LogP contribution in [0.25, 0.3) is 0 Å². The molecule has 0 bridgehead atoms. The van der Waals surface area contributed by atoms with Crippen LogP contribution in [0.4, 0.5) is 4.79 Å². The smallest absolute Gasteiger partial charge is 0.325 e. The maximum atomic E-state index is 13.0. The third-order valence-electron chi connectivity index (χ3n) is 5.19. The normalized spacial score (nSPS) is 26.4. The molecule has 0 aromatic heterocycles. The van der Waals surface area contributed by atoms with E-state index in [4.69, 9.17) is 14.2 Å².